The number of halogens is 1. The van der Waals surface area contributed by atoms with Crippen LogP contribution in [0.3, 0.4) is 0 Å². The van der Waals surface area contributed by atoms with E-state index in [4.69, 9.17) is 16.3 Å². The summed E-state index contributed by atoms with van der Waals surface area (Å²) in [6.45, 7) is 4.78. The van der Waals surface area contributed by atoms with Gasteiger partial charge in [-0.25, -0.2) is 0 Å². The van der Waals surface area contributed by atoms with E-state index >= 15 is 0 Å². The van der Waals surface area contributed by atoms with Crippen molar-refractivity contribution in [2.24, 2.45) is 0 Å². The van der Waals surface area contributed by atoms with Crippen LogP contribution in [0.25, 0.3) is 0 Å². The fraction of sp³-hybridized carbons (Fsp3) is 0.263. The smallest absolute Gasteiger partial charge is 0.135 e. The SMILES string of the molecule is Cc1ccc(COc2ccccc2C#CCCCl)cc1C. The second-order valence-corrected chi connectivity index (χ2v) is 5.32. The minimum absolute atomic E-state index is 0.551. The highest BCUT2D eigenvalue weighted by molar-refractivity contribution is 6.18. The highest BCUT2D eigenvalue weighted by Crippen LogP contribution is 2.19. The van der Waals surface area contributed by atoms with E-state index < -0.39 is 0 Å². The molecule has 0 aliphatic rings. The average molecular weight is 299 g/mol. The van der Waals surface area contributed by atoms with Crippen LogP contribution < -0.4 is 4.74 Å². The van der Waals surface area contributed by atoms with Crippen LogP contribution in [-0.2, 0) is 6.61 Å². The molecule has 2 heteroatoms. The third-order valence-electron chi connectivity index (χ3n) is 3.30. The summed E-state index contributed by atoms with van der Waals surface area (Å²) in [5.41, 5.74) is 4.66. The molecule has 2 aromatic carbocycles. The molecule has 0 aliphatic heterocycles. The fourth-order valence-electron chi connectivity index (χ4n) is 1.96. The van der Waals surface area contributed by atoms with Gasteiger partial charge in [0.25, 0.3) is 0 Å². The normalized spacial score (nSPS) is 9.86. The van der Waals surface area contributed by atoms with Gasteiger partial charge >= 0.3 is 0 Å². The number of hydrogen-bond acceptors (Lipinski definition) is 1. The molecule has 0 saturated carbocycles. The Balaban J connectivity index is 2.09. The molecule has 0 amide bonds. The summed E-state index contributed by atoms with van der Waals surface area (Å²) in [5, 5.41) is 0. The maximum absolute atomic E-state index is 5.91. The zero-order valence-corrected chi connectivity index (χ0v) is 13.2. The van der Waals surface area contributed by atoms with Gasteiger partial charge in [-0.2, -0.15) is 0 Å². The van der Waals surface area contributed by atoms with Crippen LogP contribution in [0.5, 0.6) is 5.75 Å². The Labute approximate surface area is 131 Å². The van der Waals surface area contributed by atoms with E-state index in [2.05, 4.69) is 43.9 Å². The van der Waals surface area contributed by atoms with Crippen LogP contribution in [0.15, 0.2) is 42.5 Å². The summed E-state index contributed by atoms with van der Waals surface area (Å²) in [7, 11) is 0. The lowest BCUT2D eigenvalue weighted by Crippen LogP contribution is -1.98. The lowest BCUT2D eigenvalue weighted by Gasteiger charge is -2.09. The molecule has 0 N–H and O–H groups in total. The van der Waals surface area contributed by atoms with Crippen molar-refractivity contribution in [2.45, 2.75) is 26.9 Å². The van der Waals surface area contributed by atoms with Gasteiger partial charge in [-0.05, 0) is 42.7 Å². The molecule has 0 spiro atoms. The van der Waals surface area contributed by atoms with Gasteiger partial charge in [0.2, 0.25) is 0 Å². The first-order chi connectivity index (χ1) is 10.2. The van der Waals surface area contributed by atoms with Crippen molar-refractivity contribution < 1.29 is 4.74 Å². The minimum atomic E-state index is 0.551. The van der Waals surface area contributed by atoms with E-state index in [-0.39, 0.29) is 0 Å². The number of benzene rings is 2. The van der Waals surface area contributed by atoms with E-state index in [1.165, 1.54) is 16.7 Å². The number of para-hydroxylation sites is 1. The van der Waals surface area contributed by atoms with Crippen molar-refractivity contribution in [3.8, 4) is 17.6 Å². The third-order valence-corrected chi connectivity index (χ3v) is 3.48. The van der Waals surface area contributed by atoms with Crippen LogP contribution in [0, 0.1) is 25.7 Å². The highest BCUT2D eigenvalue weighted by Gasteiger charge is 2.02. The molecule has 2 rings (SSSR count). The van der Waals surface area contributed by atoms with Gasteiger partial charge in [0.05, 0.1) is 5.56 Å². The predicted octanol–water partition coefficient (Wildman–Crippen LogP) is 4.86. The van der Waals surface area contributed by atoms with E-state index in [0.717, 1.165) is 11.3 Å². The molecule has 1 nitrogen and oxygen atoms in total. The van der Waals surface area contributed by atoms with Crippen molar-refractivity contribution in [3.05, 3.63) is 64.7 Å². The Hall–Kier alpha value is -1.91. The Morgan fingerprint density at radius 2 is 1.86 bits per heavy atom. The van der Waals surface area contributed by atoms with Gasteiger partial charge in [0, 0.05) is 12.3 Å². The monoisotopic (exact) mass is 298 g/mol. The molecule has 0 bridgehead atoms. The molecule has 0 aromatic heterocycles. The number of ether oxygens (including phenoxy) is 1. The van der Waals surface area contributed by atoms with Crippen LogP contribution in [-0.4, -0.2) is 5.88 Å². The molecule has 0 heterocycles. The molecule has 108 valence electrons. The summed E-state index contributed by atoms with van der Waals surface area (Å²) in [5.74, 6) is 7.53. The fourth-order valence-corrected chi connectivity index (χ4v) is 2.05. The van der Waals surface area contributed by atoms with E-state index in [0.29, 0.717) is 18.9 Å². The van der Waals surface area contributed by atoms with Gasteiger partial charge in [-0.15, -0.1) is 11.6 Å². The van der Waals surface area contributed by atoms with Crippen molar-refractivity contribution in [1.29, 1.82) is 0 Å². The molecular formula is C19H19ClO. The molecule has 0 fully saturated rings. The Bertz CT molecular complexity index is 665. The summed E-state index contributed by atoms with van der Waals surface area (Å²) >= 11 is 5.64. The molecule has 2 aromatic rings. The predicted molar refractivity (Wildman–Crippen MR) is 88.9 cm³/mol. The van der Waals surface area contributed by atoms with Gasteiger partial charge in [-0.3, -0.25) is 0 Å². The zero-order chi connectivity index (χ0) is 15.1. The first-order valence-electron chi connectivity index (χ1n) is 7.03. The molecule has 21 heavy (non-hydrogen) atoms. The standard InChI is InChI=1S/C19H19ClO/c1-15-10-11-17(13-16(15)2)14-21-19-9-4-3-7-18(19)8-5-6-12-20/h3-4,7,9-11,13H,6,12,14H2,1-2H3. The maximum Gasteiger partial charge on any atom is 0.135 e. The van der Waals surface area contributed by atoms with Crippen molar-refractivity contribution in [3.63, 3.8) is 0 Å². The first-order valence-corrected chi connectivity index (χ1v) is 7.57. The molecule has 0 aliphatic carbocycles. The average Bonchev–Trinajstić information content (AvgIpc) is 2.50. The number of aryl methyl sites for hydroxylation is 2. The lowest BCUT2D eigenvalue weighted by molar-refractivity contribution is 0.305. The van der Waals surface area contributed by atoms with Crippen molar-refractivity contribution in [2.75, 3.05) is 5.88 Å². The molecule has 0 unspecified atom stereocenters. The maximum atomic E-state index is 5.91. The van der Waals surface area contributed by atoms with E-state index in [1.807, 2.05) is 24.3 Å². The quantitative estimate of drug-likeness (QED) is 0.578. The van der Waals surface area contributed by atoms with Gasteiger partial charge in [0.1, 0.15) is 12.4 Å². The van der Waals surface area contributed by atoms with Gasteiger partial charge in [-0.1, -0.05) is 42.2 Å². The zero-order valence-electron chi connectivity index (χ0n) is 12.4. The van der Waals surface area contributed by atoms with Crippen LogP contribution in [0.4, 0.5) is 0 Å². The van der Waals surface area contributed by atoms with E-state index in [1.54, 1.807) is 0 Å². The second-order valence-electron chi connectivity index (χ2n) is 4.94. The largest absolute Gasteiger partial charge is 0.488 e. The molecular weight excluding hydrogens is 280 g/mol. The Kier molecular flexibility index (Phi) is 5.72. The molecule has 0 radical (unpaired) electrons. The third kappa shape index (κ3) is 4.55. The Morgan fingerprint density at radius 1 is 1.05 bits per heavy atom. The summed E-state index contributed by atoms with van der Waals surface area (Å²) in [6.07, 6.45) is 0.688. The van der Waals surface area contributed by atoms with Crippen molar-refractivity contribution >= 4 is 11.6 Å². The Morgan fingerprint density at radius 3 is 2.62 bits per heavy atom. The van der Waals surface area contributed by atoms with Crippen LogP contribution in [0.1, 0.15) is 28.7 Å². The summed E-state index contributed by atoms with van der Waals surface area (Å²) in [6, 6.07) is 14.2. The van der Waals surface area contributed by atoms with Crippen molar-refractivity contribution in [1.82, 2.24) is 0 Å². The molecule has 0 saturated heterocycles. The van der Waals surface area contributed by atoms with Gasteiger partial charge < -0.3 is 4.74 Å². The van der Waals surface area contributed by atoms with E-state index in [9.17, 15) is 0 Å². The second kappa shape index (κ2) is 7.76. The number of hydrogen-bond donors (Lipinski definition) is 0. The van der Waals surface area contributed by atoms with Gasteiger partial charge in [0.15, 0.2) is 0 Å². The topological polar surface area (TPSA) is 9.23 Å². The van der Waals surface area contributed by atoms with Crippen LogP contribution in [0.2, 0.25) is 0 Å². The highest BCUT2D eigenvalue weighted by atomic mass is 35.5. The molecule has 0 atom stereocenters. The van der Waals surface area contributed by atoms with Crippen LogP contribution >= 0.6 is 11.6 Å². The lowest BCUT2D eigenvalue weighted by atomic mass is 10.1. The number of rotatable bonds is 4. The number of alkyl halides is 1. The first kappa shape index (κ1) is 15.5. The minimum Gasteiger partial charge on any atom is -0.488 e. The summed E-state index contributed by atoms with van der Waals surface area (Å²) < 4.78 is 5.91. The summed E-state index contributed by atoms with van der Waals surface area (Å²) in [4.78, 5) is 0.